The number of carbonyl (C=O) groups excluding carboxylic acids is 1. The lowest BCUT2D eigenvalue weighted by atomic mass is 10.1. The zero-order valence-electron chi connectivity index (χ0n) is 11.4. The number of hydrogen-bond donors (Lipinski definition) is 0. The summed E-state index contributed by atoms with van der Waals surface area (Å²) in [6.07, 6.45) is 1.94. The lowest BCUT2D eigenvalue weighted by Gasteiger charge is -2.16. The molecule has 8 heteroatoms. The van der Waals surface area contributed by atoms with E-state index in [1.54, 1.807) is 15.8 Å². The van der Waals surface area contributed by atoms with Crippen LogP contribution in [0.15, 0.2) is 24.4 Å². The second kappa shape index (κ2) is 4.99. The third-order valence-electron chi connectivity index (χ3n) is 3.68. The molecule has 1 amide bonds. The molecule has 2 aromatic rings. The van der Waals surface area contributed by atoms with Crippen molar-refractivity contribution in [2.24, 2.45) is 13.0 Å². The van der Waals surface area contributed by atoms with Gasteiger partial charge in [-0.05, 0) is 18.2 Å². The minimum Gasteiger partial charge on any atom is -0.312 e. The van der Waals surface area contributed by atoms with Crippen LogP contribution < -0.4 is 4.90 Å². The summed E-state index contributed by atoms with van der Waals surface area (Å²) in [5.74, 6) is -0.514. The Balaban J connectivity index is 1.87. The van der Waals surface area contributed by atoms with Crippen LogP contribution in [0.2, 0.25) is 0 Å². The first-order valence-corrected chi connectivity index (χ1v) is 8.96. The molecule has 0 saturated carbocycles. The Morgan fingerprint density at radius 2 is 2.19 bits per heavy atom. The molecule has 21 heavy (non-hydrogen) atoms. The third-order valence-corrected chi connectivity index (χ3v) is 4.93. The van der Waals surface area contributed by atoms with Gasteiger partial charge in [0, 0.05) is 47.7 Å². The number of fused-ring (bicyclic) bond motifs is 1. The lowest BCUT2D eigenvalue weighted by molar-refractivity contribution is -0.117. The predicted octanol–water partition coefficient (Wildman–Crippen LogP) is 1.49. The fourth-order valence-corrected chi connectivity index (χ4v) is 4.06. The average Bonchev–Trinajstić information content (AvgIpc) is 2.91. The second-order valence-electron chi connectivity index (χ2n) is 5.29. The fourth-order valence-electron chi connectivity index (χ4n) is 2.74. The summed E-state index contributed by atoms with van der Waals surface area (Å²) < 4.78 is 24.0. The molecule has 0 aliphatic carbocycles. The number of carbonyl (C=O) groups is 1. The molecule has 0 bridgehead atoms. The number of nitrogens with zero attached hydrogens (tertiary/aromatic N) is 3. The molecular formula is C13H14ClN3O3S. The number of aromatic nitrogens is 2. The minimum atomic E-state index is -3.59. The first-order chi connectivity index (χ1) is 9.83. The van der Waals surface area contributed by atoms with Gasteiger partial charge in [-0.25, -0.2) is 8.42 Å². The first kappa shape index (κ1) is 14.3. The van der Waals surface area contributed by atoms with Crippen LogP contribution in [0.1, 0.15) is 6.42 Å². The number of aryl methyl sites for hydroxylation is 1. The molecule has 0 spiro atoms. The van der Waals surface area contributed by atoms with Gasteiger partial charge in [-0.1, -0.05) is 0 Å². The number of benzene rings is 1. The van der Waals surface area contributed by atoms with Crippen LogP contribution in [0.5, 0.6) is 0 Å². The van der Waals surface area contributed by atoms with Crippen molar-refractivity contribution in [3.05, 3.63) is 24.4 Å². The van der Waals surface area contributed by atoms with E-state index in [0.717, 1.165) is 16.6 Å². The van der Waals surface area contributed by atoms with Gasteiger partial charge in [0.25, 0.3) is 0 Å². The van der Waals surface area contributed by atoms with Crippen LogP contribution in [0, 0.1) is 5.92 Å². The summed E-state index contributed by atoms with van der Waals surface area (Å²) in [4.78, 5) is 13.7. The van der Waals surface area contributed by atoms with Gasteiger partial charge in [-0.3, -0.25) is 9.48 Å². The molecule has 6 nitrogen and oxygen atoms in total. The van der Waals surface area contributed by atoms with Crippen molar-refractivity contribution in [2.75, 3.05) is 17.2 Å². The average molecular weight is 328 g/mol. The van der Waals surface area contributed by atoms with Crippen LogP contribution >= 0.6 is 10.7 Å². The number of amides is 1. The summed E-state index contributed by atoms with van der Waals surface area (Å²) in [6.45, 7) is 0.372. The summed E-state index contributed by atoms with van der Waals surface area (Å²) in [5, 5.41) is 5.10. The molecule has 2 heterocycles. The largest absolute Gasteiger partial charge is 0.312 e. The SMILES string of the molecule is Cn1ncc2cc(N3CC(CS(=O)(=O)Cl)CC3=O)ccc21. The topological polar surface area (TPSA) is 72.3 Å². The van der Waals surface area contributed by atoms with E-state index >= 15 is 0 Å². The monoisotopic (exact) mass is 327 g/mol. The lowest BCUT2D eigenvalue weighted by Crippen LogP contribution is -2.25. The van der Waals surface area contributed by atoms with E-state index in [2.05, 4.69) is 5.10 Å². The van der Waals surface area contributed by atoms with Gasteiger partial charge < -0.3 is 4.90 Å². The van der Waals surface area contributed by atoms with Crippen LogP contribution in [-0.2, 0) is 20.9 Å². The van der Waals surface area contributed by atoms with Crippen LogP contribution in [0.4, 0.5) is 5.69 Å². The quantitative estimate of drug-likeness (QED) is 0.801. The Morgan fingerprint density at radius 3 is 2.90 bits per heavy atom. The number of anilines is 1. The Bertz CT molecular complexity index is 815. The highest BCUT2D eigenvalue weighted by molar-refractivity contribution is 8.13. The first-order valence-electron chi connectivity index (χ1n) is 6.48. The van der Waals surface area contributed by atoms with Crippen LogP contribution in [-0.4, -0.2) is 36.4 Å². The van der Waals surface area contributed by atoms with E-state index in [9.17, 15) is 13.2 Å². The highest BCUT2D eigenvalue weighted by atomic mass is 35.7. The Labute approximate surface area is 126 Å². The Kier molecular flexibility index (Phi) is 3.41. The van der Waals surface area contributed by atoms with E-state index in [-0.39, 0.29) is 24.0 Å². The maximum absolute atomic E-state index is 12.1. The van der Waals surface area contributed by atoms with E-state index in [4.69, 9.17) is 10.7 Å². The number of hydrogen-bond acceptors (Lipinski definition) is 4. The summed E-state index contributed by atoms with van der Waals surface area (Å²) >= 11 is 0. The Hall–Kier alpha value is -1.60. The molecule has 1 aliphatic heterocycles. The van der Waals surface area contributed by atoms with Crippen molar-refractivity contribution in [3.8, 4) is 0 Å². The smallest absolute Gasteiger partial charge is 0.232 e. The predicted molar refractivity (Wildman–Crippen MR) is 80.8 cm³/mol. The summed E-state index contributed by atoms with van der Waals surface area (Å²) in [7, 11) is 3.53. The van der Waals surface area contributed by atoms with Crippen molar-refractivity contribution >= 4 is 42.2 Å². The second-order valence-corrected chi connectivity index (χ2v) is 8.11. The molecule has 1 aromatic carbocycles. The van der Waals surface area contributed by atoms with Gasteiger partial charge in [0.1, 0.15) is 0 Å². The highest BCUT2D eigenvalue weighted by Crippen LogP contribution is 2.29. The molecule has 1 aromatic heterocycles. The number of rotatable bonds is 3. The maximum atomic E-state index is 12.1. The van der Waals surface area contributed by atoms with E-state index < -0.39 is 9.05 Å². The molecule has 0 radical (unpaired) electrons. The summed E-state index contributed by atoms with van der Waals surface area (Å²) in [5.41, 5.74) is 1.74. The van der Waals surface area contributed by atoms with E-state index in [0.29, 0.717) is 6.54 Å². The zero-order chi connectivity index (χ0) is 15.2. The van der Waals surface area contributed by atoms with Gasteiger partial charge in [-0.15, -0.1) is 0 Å². The number of halogens is 1. The third kappa shape index (κ3) is 2.89. The molecule has 0 N–H and O–H groups in total. The molecule has 1 saturated heterocycles. The van der Waals surface area contributed by atoms with E-state index in [1.165, 1.54) is 0 Å². The van der Waals surface area contributed by atoms with Crippen molar-refractivity contribution in [1.82, 2.24) is 9.78 Å². The maximum Gasteiger partial charge on any atom is 0.232 e. The molecule has 1 unspecified atom stereocenters. The molecule has 112 valence electrons. The molecule has 3 rings (SSSR count). The van der Waals surface area contributed by atoms with Gasteiger partial charge in [0.2, 0.25) is 15.0 Å². The fraction of sp³-hybridized carbons (Fsp3) is 0.385. The van der Waals surface area contributed by atoms with Crippen LogP contribution in [0.25, 0.3) is 10.9 Å². The normalized spacial score (nSPS) is 19.6. The standard InChI is InChI=1S/C13H14ClN3O3S/c1-16-12-3-2-11(5-10(12)6-15-16)17-7-9(4-13(17)18)8-21(14,19)20/h2-3,5-6,9H,4,7-8H2,1H3. The van der Waals surface area contributed by atoms with Crippen molar-refractivity contribution < 1.29 is 13.2 Å². The van der Waals surface area contributed by atoms with Crippen molar-refractivity contribution in [3.63, 3.8) is 0 Å². The Morgan fingerprint density at radius 1 is 1.43 bits per heavy atom. The van der Waals surface area contributed by atoms with Gasteiger partial charge in [0.15, 0.2) is 0 Å². The van der Waals surface area contributed by atoms with Crippen molar-refractivity contribution in [2.45, 2.75) is 6.42 Å². The summed E-state index contributed by atoms with van der Waals surface area (Å²) in [6, 6.07) is 5.63. The minimum absolute atomic E-state index is 0.0800. The van der Waals surface area contributed by atoms with Gasteiger partial charge in [0.05, 0.1) is 17.5 Å². The van der Waals surface area contributed by atoms with E-state index in [1.807, 2.05) is 25.2 Å². The molecule has 1 aliphatic rings. The zero-order valence-corrected chi connectivity index (χ0v) is 12.9. The molecule has 1 fully saturated rings. The van der Waals surface area contributed by atoms with Crippen LogP contribution in [0.3, 0.4) is 0 Å². The van der Waals surface area contributed by atoms with Gasteiger partial charge >= 0.3 is 0 Å². The molecular weight excluding hydrogens is 314 g/mol. The molecule has 1 atom stereocenters. The van der Waals surface area contributed by atoms with Crippen molar-refractivity contribution in [1.29, 1.82) is 0 Å². The highest BCUT2D eigenvalue weighted by Gasteiger charge is 2.33. The van der Waals surface area contributed by atoms with Gasteiger partial charge in [-0.2, -0.15) is 5.10 Å².